The number of hydrogen-bond acceptors (Lipinski definition) is 4. The molecule has 0 saturated carbocycles. The maximum absolute atomic E-state index is 6.22. The lowest BCUT2D eigenvalue weighted by molar-refractivity contribution is 0.282. The van der Waals surface area contributed by atoms with Crippen LogP contribution in [0.3, 0.4) is 0 Å². The Kier molecular flexibility index (Phi) is 8.94. The Bertz CT molecular complexity index is 1750. The molecule has 0 radical (unpaired) electrons. The van der Waals surface area contributed by atoms with Crippen LogP contribution in [-0.4, -0.2) is 26.4 Å². The summed E-state index contributed by atoms with van der Waals surface area (Å²) in [4.78, 5) is 7.71. The molecule has 45 heavy (non-hydrogen) atoms. The summed E-state index contributed by atoms with van der Waals surface area (Å²) in [6.45, 7) is 2.63. The molecule has 0 saturated heterocycles. The van der Waals surface area contributed by atoms with Gasteiger partial charge in [-0.3, -0.25) is 4.99 Å². The zero-order valence-electron chi connectivity index (χ0n) is 25.1. The fourth-order valence-electron chi connectivity index (χ4n) is 6.75. The van der Waals surface area contributed by atoms with Crippen molar-refractivity contribution in [3.63, 3.8) is 0 Å². The highest BCUT2D eigenvalue weighted by Crippen LogP contribution is 2.50. The summed E-state index contributed by atoms with van der Waals surface area (Å²) in [5.74, 6) is 2.14. The van der Waals surface area contributed by atoms with Gasteiger partial charge in [-0.25, -0.2) is 0 Å². The highest BCUT2D eigenvalue weighted by atomic mass is 127. The lowest BCUT2D eigenvalue weighted by Gasteiger charge is -2.43. The number of rotatable bonds is 8. The van der Waals surface area contributed by atoms with Crippen molar-refractivity contribution < 1.29 is 9.47 Å². The van der Waals surface area contributed by atoms with Crippen LogP contribution in [0, 0.1) is 3.57 Å². The second kappa shape index (κ2) is 13.4. The monoisotopic (exact) mass is 768 g/mol. The minimum atomic E-state index is 0.351. The number of halogens is 2. The first-order chi connectivity index (χ1) is 22.1. The van der Waals surface area contributed by atoms with Crippen LogP contribution in [0.1, 0.15) is 58.1 Å². The number of aliphatic imine (C=N–C) groups is 1. The molecule has 0 spiro atoms. The molecule has 0 unspecified atom stereocenters. The molecular weight excluding hydrogens is 735 g/mol. The molecule has 2 atom stereocenters. The topological polar surface area (TPSA) is 34.1 Å². The quantitative estimate of drug-likeness (QED) is 0.116. The third-order valence-corrected chi connectivity index (χ3v) is 10.2. The Morgan fingerprint density at radius 1 is 0.822 bits per heavy atom. The van der Waals surface area contributed by atoms with Crippen molar-refractivity contribution in [3.05, 3.63) is 151 Å². The second-order valence-electron chi connectivity index (χ2n) is 11.7. The Balaban J connectivity index is 1.25. The van der Waals surface area contributed by atoms with Gasteiger partial charge in [-0.1, -0.05) is 88.7 Å². The smallest absolute Gasteiger partial charge is 0.174 e. The number of ether oxygens (including phenoxy) is 2. The van der Waals surface area contributed by atoms with Gasteiger partial charge in [0.1, 0.15) is 6.61 Å². The van der Waals surface area contributed by atoms with Crippen LogP contribution in [0.2, 0.25) is 0 Å². The molecule has 2 aliphatic rings. The average Bonchev–Trinajstić information content (AvgIpc) is 3.08. The van der Waals surface area contributed by atoms with E-state index < -0.39 is 0 Å². The van der Waals surface area contributed by atoms with E-state index in [1.54, 1.807) is 7.11 Å². The Labute approximate surface area is 287 Å². The van der Waals surface area contributed by atoms with Gasteiger partial charge in [0.25, 0.3) is 0 Å². The third-order valence-electron chi connectivity index (χ3n) is 8.91. The minimum absolute atomic E-state index is 0.351. The highest BCUT2D eigenvalue weighted by molar-refractivity contribution is 14.1. The molecule has 5 aromatic carbocycles. The fraction of sp³-hybridized carbons (Fsp3) is 0.205. The van der Waals surface area contributed by atoms with Gasteiger partial charge in [0.05, 0.1) is 16.4 Å². The number of methoxy groups -OCH3 is 1. The standard InChI is InChI=1S/C39H34BrIN2O2/c1-44-37-21-27(20-36(41)39(37)45-25-26-12-14-30(40)15-13-26)24-42-31-22-34-32(28-8-4-2-5-9-28)16-18-43-19-17-33(35(23-31)38(34)43)29-10-6-3-7-11-29/h2-15,20-24,32-33H,16-19,25H2,1H3/t32-,33-/m1/s1. The zero-order chi connectivity index (χ0) is 30.8. The second-order valence-corrected chi connectivity index (χ2v) is 13.7. The van der Waals surface area contributed by atoms with E-state index in [0.29, 0.717) is 24.2 Å². The van der Waals surface area contributed by atoms with E-state index in [1.165, 1.54) is 27.9 Å². The van der Waals surface area contributed by atoms with Crippen molar-refractivity contribution in [2.75, 3.05) is 25.1 Å². The number of nitrogens with zero attached hydrogens (tertiary/aromatic N) is 2. The molecule has 2 heterocycles. The molecule has 0 N–H and O–H groups in total. The predicted molar refractivity (Wildman–Crippen MR) is 196 cm³/mol. The van der Waals surface area contributed by atoms with Crippen molar-refractivity contribution in [3.8, 4) is 11.5 Å². The largest absolute Gasteiger partial charge is 0.493 e. The van der Waals surface area contributed by atoms with Crippen molar-refractivity contribution in [2.24, 2.45) is 4.99 Å². The molecule has 0 aromatic heterocycles. The number of benzene rings is 5. The average molecular weight is 770 g/mol. The van der Waals surface area contributed by atoms with Gasteiger partial charge in [-0.2, -0.15) is 0 Å². The van der Waals surface area contributed by atoms with Gasteiger partial charge in [0.15, 0.2) is 11.5 Å². The molecule has 0 bridgehead atoms. The summed E-state index contributed by atoms with van der Waals surface area (Å²) >= 11 is 5.82. The molecule has 5 aromatic rings. The van der Waals surface area contributed by atoms with E-state index in [4.69, 9.17) is 14.5 Å². The van der Waals surface area contributed by atoms with E-state index in [-0.39, 0.29) is 0 Å². The maximum Gasteiger partial charge on any atom is 0.174 e. The lowest BCUT2D eigenvalue weighted by Crippen LogP contribution is -2.37. The van der Waals surface area contributed by atoms with E-state index >= 15 is 0 Å². The van der Waals surface area contributed by atoms with Gasteiger partial charge in [0, 0.05) is 41.3 Å². The summed E-state index contributed by atoms with van der Waals surface area (Å²) in [6, 6.07) is 38.8. The van der Waals surface area contributed by atoms with Gasteiger partial charge in [0.2, 0.25) is 0 Å². The van der Waals surface area contributed by atoms with E-state index in [0.717, 1.165) is 56.5 Å². The summed E-state index contributed by atoms with van der Waals surface area (Å²) in [5, 5.41) is 0. The first-order valence-electron chi connectivity index (χ1n) is 15.4. The molecule has 226 valence electrons. The van der Waals surface area contributed by atoms with Crippen molar-refractivity contribution >= 4 is 56.1 Å². The van der Waals surface area contributed by atoms with Crippen LogP contribution < -0.4 is 14.4 Å². The fourth-order valence-corrected chi connectivity index (χ4v) is 7.80. The minimum Gasteiger partial charge on any atom is -0.493 e. The number of hydrogen-bond donors (Lipinski definition) is 0. The SMILES string of the molecule is COc1cc(C=Nc2cc3c4c(c2)[C@@H](c2ccccc2)CCN4CC[C@@H]3c2ccccc2)cc(I)c1OCc1ccc(Br)cc1. The van der Waals surface area contributed by atoms with Crippen LogP contribution in [0.15, 0.2) is 119 Å². The van der Waals surface area contributed by atoms with Gasteiger partial charge < -0.3 is 14.4 Å². The lowest BCUT2D eigenvalue weighted by atomic mass is 9.76. The third kappa shape index (κ3) is 6.40. The molecule has 0 amide bonds. The van der Waals surface area contributed by atoms with E-state index in [1.807, 2.05) is 24.4 Å². The van der Waals surface area contributed by atoms with E-state index in [2.05, 4.69) is 134 Å². The summed E-state index contributed by atoms with van der Waals surface area (Å²) < 4.78 is 14.0. The normalized spacial score (nSPS) is 17.3. The molecule has 7 rings (SSSR count). The van der Waals surface area contributed by atoms with Gasteiger partial charge >= 0.3 is 0 Å². The van der Waals surface area contributed by atoms with Crippen LogP contribution >= 0.6 is 38.5 Å². The Hall–Kier alpha value is -3.62. The summed E-state index contributed by atoms with van der Waals surface area (Å²) in [5.41, 5.74) is 10.00. The molecule has 0 fully saturated rings. The maximum atomic E-state index is 6.22. The van der Waals surface area contributed by atoms with Crippen molar-refractivity contribution in [2.45, 2.75) is 31.3 Å². The summed E-state index contributed by atoms with van der Waals surface area (Å²) in [7, 11) is 1.69. The first-order valence-corrected chi connectivity index (χ1v) is 17.3. The van der Waals surface area contributed by atoms with Gasteiger partial charge in [-0.05, 0) is 105 Å². The summed E-state index contributed by atoms with van der Waals surface area (Å²) in [6.07, 6.45) is 4.17. The van der Waals surface area contributed by atoms with Crippen LogP contribution in [0.4, 0.5) is 11.4 Å². The highest BCUT2D eigenvalue weighted by Gasteiger charge is 2.35. The van der Waals surface area contributed by atoms with Crippen molar-refractivity contribution in [1.82, 2.24) is 0 Å². The Morgan fingerprint density at radius 2 is 1.42 bits per heavy atom. The first kappa shape index (κ1) is 30.1. The molecule has 0 aliphatic carbocycles. The Morgan fingerprint density at radius 3 is 2.00 bits per heavy atom. The van der Waals surface area contributed by atoms with Crippen molar-refractivity contribution in [1.29, 1.82) is 0 Å². The van der Waals surface area contributed by atoms with Gasteiger partial charge in [-0.15, -0.1) is 0 Å². The van der Waals surface area contributed by atoms with Crippen LogP contribution in [0.25, 0.3) is 0 Å². The predicted octanol–water partition coefficient (Wildman–Crippen LogP) is 10.3. The number of anilines is 1. The molecule has 2 aliphatic heterocycles. The van der Waals surface area contributed by atoms with Crippen LogP contribution in [-0.2, 0) is 6.61 Å². The molecular formula is C39H34BrIN2O2. The molecule has 4 nitrogen and oxygen atoms in total. The van der Waals surface area contributed by atoms with Crippen LogP contribution in [0.5, 0.6) is 11.5 Å². The van der Waals surface area contributed by atoms with E-state index in [9.17, 15) is 0 Å². The molecule has 6 heteroatoms. The zero-order valence-corrected chi connectivity index (χ0v) is 28.9.